The lowest BCUT2D eigenvalue weighted by Crippen LogP contribution is -2.55. The number of carboxylic acid groups (broad SMARTS) is 1. The lowest BCUT2D eigenvalue weighted by molar-refractivity contribution is -0.889. The van der Waals surface area contributed by atoms with Gasteiger partial charge in [-0.15, -0.1) is 0 Å². The Morgan fingerprint density at radius 3 is 1.38 bits per heavy atom. The van der Waals surface area contributed by atoms with E-state index in [4.69, 9.17) is 14.2 Å². The minimum atomic E-state index is -1.13. The Morgan fingerprint density at radius 1 is 0.517 bits per heavy atom. The standard InChI is InChI=1S/C52H95NO7/c1-6-8-10-12-14-16-18-20-22-23-24-25-26-27-29-30-32-34-36-38-40-42-50(54)59-47-48(46-58-45-44-49(52(56)57)53(3,4)5)60-51(55)43-41-39-37-35-33-31-28-21-19-17-15-13-11-9-7-2/h9,11,15,17,21,28,48-49H,6-8,10,12-14,16,18-20,22-27,29-47H2,1-5H3/b11-9-,17-15-,28-21-. The second-order valence-electron chi connectivity index (χ2n) is 18.0. The molecule has 0 fully saturated rings. The number of carboxylic acids is 1. The molecule has 8 nitrogen and oxygen atoms in total. The molecule has 2 unspecified atom stereocenters. The van der Waals surface area contributed by atoms with Crippen molar-refractivity contribution in [2.45, 2.75) is 238 Å². The number of allylic oxidation sites excluding steroid dienone is 6. The van der Waals surface area contributed by atoms with Crippen LogP contribution in [0.1, 0.15) is 226 Å². The van der Waals surface area contributed by atoms with E-state index in [1.807, 2.05) is 0 Å². The zero-order chi connectivity index (χ0) is 44.2. The zero-order valence-electron chi connectivity index (χ0n) is 39.9. The van der Waals surface area contributed by atoms with E-state index in [-0.39, 0.29) is 42.7 Å². The van der Waals surface area contributed by atoms with Crippen molar-refractivity contribution >= 4 is 17.9 Å². The van der Waals surface area contributed by atoms with Crippen molar-refractivity contribution in [1.82, 2.24) is 0 Å². The van der Waals surface area contributed by atoms with Gasteiger partial charge >= 0.3 is 11.9 Å². The number of aliphatic carboxylic acids is 1. The van der Waals surface area contributed by atoms with Gasteiger partial charge in [0.25, 0.3) is 0 Å². The molecule has 0 bridgehead atoms. The van der Waals surface area contributed by atoms with Crippen molar-refractivity contribution in [2.24, 2.45) is 0 Å². The highest BCUT2D eigenvalue weighted by atomic mass is 16.6. The lowest BCUT2D eigenvalue weighted by atomic mass is 10.0. The van der Waals surface area contributed by atoms with Crippen LogP contribution < -0.4 is 5.11 Å². The van der Waals surface area contributed by atoms with E-state index in [2.05, 4.69) is 50.3 Å². The molecule has 0 aromatic rings. The van der Waals surface area contributed by atoms with Crippen molar-refractivity contribution in [3.8, 4) is 0 Å². The van der Waals surface area contributed by atoms with E-state index in [1.165, 1.54) is 116 Å². The van der Waals surface area contributed by atoms with E-state index in [9.17, 15) is 19.5 Å². The van der Waals surface area contributed by atoms with Gasteiger partial charge in [-0.1, -0.05) is 198 Å². The summed E-state index contributed by atoms with van der Waals surface area (Å²) in [5.41, 5.74) is 0. The number of nitrogens with zero attached hydrogens (tertiary/aromatic N) is 1. The van der Waals surface area contributed by atoms with Gasteiger partial charge in [0.1, 0.15) is 12.6 Å². The van der Waals surface area contributed by atoms with E-state index >= 15 is 0 Å². The maximum atomic E-state index is 12.7. The topological polar surface area (TPSA) is 102 Å². The van der Waals surface area contributed by atoms with Crippen LogP contribution >= 0.6 is 0 Å². The van der Waals surface area contributed by atoms with E-state index in [1.54, 1.807) is 21.1 Å². The normalized spacial score (nSPS) is 13.2. The third kappa shape index (κ3) is 40.9. The fourth-order valence-corrected chi connectivity index (χ4v) is 7.44. The second kappa shape index (κ2) is 43.2. The van der Waals surface area contributed by atoms with Gasteiger partial charge in [0.15, 0.2) is 6.10 Å². The highest BCUT2D eigenvalue weighted by Crippen LogP contribution is 2.16. The van der Waals surface area contributed by atoms with Gasteiger partial charge in [0, 0.05) is 19.3 Å². The smallest absolute Gasteiger partial charge is 0.306 e. The third-order valence-electron chi connectivity index (χ3n) is 11.3. The summed E-state index contributed by atoms with van der Waals surface area (Å²) in [4.78, 5) is 37.0. The molecule has 0 saturated carbocycles. The van der Waals surface area contributed by atoms with Crippen LogP contribution in [0.5, 0.6) is 0 Å². The monoisotopic (exact) mass is 846 g/mol. The van der Waals surface area contributed by atoms with E-state index < -0.39 is 18.1 Å². The Kier molecular flexibility index (Phi) is 41.4. The van der Waals surface area contributed by atoms with Crippen LogP contribution in [0.15, 0.2) is 36.5 Å². The average molecular weight is 846 g/mol. The summed E-state index contributed by atoms with van der Waals surface area (Å²) in [5, 5.41) is 11.6. The summed E-state index contributed by atoms with van der Waals surface area (Å²) in [7, 11) is 5.41. The molecule has 0 N–H and O–H groups in total. The minimum Gasteiger partial charge on any atom is -0.544 e. The molecule has 0 aromatic heterocycles. The van der Waals surface area contributed by atoms with Crippen molar-refractivity contribution in [2.75, 3.05) is 41.0 Å². The van der Waals surface area contributed by atoms with Crippen molar-refractivity contribution < 1.29 is 38.2 Å². The van der Waals surface area contributed by atoms with Gasteiger partial charge in [-0.25, -0.2) is 0 Å². The molecule has 2 atom stereocenters. The van der Waals surface area contributed by atoms with E-state index in [0.29, 0.717) is 12.8 Å². The maximum absolute atomic E-state index is 12.7. The van der Waals surface area contributed by atoms with Crippen LogP contribution in [0.2, 0.25) is 0 Å². The molecule has 0 rings (SSSR count). The van der Waals surface area contributed by atoms with Crippen LogP contribution in [0.3, 0.4) is 0 Å². The number of carbonyl (C=O) groups excluding carboxylic acids is 3. The predicted octanol–water partition coefficient (Wildman–Crippen LogP) is 12.9. The quantitative estimate of drug-likeness (QED) is 0.0260. The van der Waals surface area contributed by atoms with Crippen LogP contribution in [-0.4, -0.2) is 75.5 Å². The first-order chi connectivity index (χ1) is 29.1. The highest BCUT2D eigenvalue weighted by molar-refractivity contribution is 5.70. The van der Waals surface area contributed by atoms with Crippen LogP contribution in [0, 0.1) is 0 Å². The first-order valence-electron chi connectivity index (χ1n) is 25.0. The number of rotatable bonds is 45. The Morgan fingerprint density at radius 2 is 0.933 bits per heavy atom. The number of hydrogen-bond donors (Lipinski definition) is 0. The zero-order valence-corrected chi connectivity index (χ0v) is 39.9. The second-order valence-corrected chi connectivity index (χ2v) is 18.0. The summed E-state index contributed by atoms with van der Waals surface area (Å²) >= 11 is 0. The number of likely N-dealkylation sites (N-methyl/N-ethyl adjacent to an activating group) is 1. The number of carbonyl (C=O) groups is 3. The summed E-state index contributed by atoms with van der Waals surface area (Å²) < 4.78 is 17.2. The molecule has 0 aliphatic carbocycles. The number of ether oxygens (including phenoxy) is 3. The van der Waals surface area contributed by atoms with Gasteiger partial charge in [0.2, 0.25) is 0 Å². The van der Waals surface area contributed by atoms with Crippen molar-refractivity contribution in [3.05, 3.63) is 36.5 Å². The Balaban J connectivity index is 4.22. The fourth-order valence-electron chi connectivity index (χ4n) is 7.44. The lowest BCUT2D eigenvalue weighted by Gasteiger charge is -2.34. The van der Waals surface area contributed by atoms with Gasteiger partial charge < -0.3 is 28.6 Å². The maximum Gasteiger partial charge on any atom is 0.306 e. The molecule has 350 valence electrons. The molecule has 0 spiro atoms. The molecule has 0 radical (unpaired) electrons. The molecule has 0 amide bonds. The first kappa shape index (κ1) is 57.5. The van der Waals surface area contributed by atoms with E-state index in [0.717, 1.165) is 77.0 Å². The molecule has 0 aliphatic heterocycles. The molecule has 0 saturated heterocycles. The summed E-state index contributed by atoms with van der Waals surface area (Å²) in [6.07, 6.45) is 50.3. The largest absolute Gasteiger partial charge is 0.544 e. The summed E-state index contributed by atoms with van der Waals surface area (Å²) in [5.74, 6) is -1.75. The van der Waals surface area contributed by atoms with Gasteiger partial charge in [-0.05, 0) is 44.9 Å². The molecule has 0 aromatic carbocycles. The third-order valence-corrected chi connectivity index (χ3v) is 11.3. The van der Waals surface area contributed by atoms with Crippen molar-refractivity contribution in [1.29, 1.82) is 0 Å². The molecule has 0 aliphatic rings. The number of esters is 2. The molecule has 0 heterocycles. The molecule has 8 heteroatoms. The van der Waals surface area contributed by atoms with Crippen LogP contribution in [-0.2, 0) is 28.6 Å². The highest BCUT2D eigenvalue weighted by Gasteiger charge is 2.25. The van der Waals surface area contributed by atoms with Gasteiger partial charge in [-0.3, -0.25) is 9.59 Å². The SMILES string of the molecule is CC/C=C\C/C=C\C/C=C\CCCCCCCC(=O)OC(COCCC(C(=O)[O-])[N+](C)(C)C)COC(=O)CCCCCCCCCCCCCCCCCCCCCCC. The number of quaternary nitrogens is 1. The predicted molar refractivity (Wildman–Crippen MR) is 250 cm³/mol. The average Bonchev–Trinajstić information content (AvgIpc) is 3.21. The Bertz CT molecular complexity index is 1080. The van der Waals surface area contributed by atoms with Crippen LogP contribution in [0.4, 0.5) is 0 Å². The summed E-state index contributed by atoms with van der Waals surface area (Å²) in [6, 6.07) is -0.728. The fraction of sp³-hybridized carbons (Fsp3) is 0.827. The first-order valence-corrected chi connectivity index (χ1v) is 25.0. The summed E-state index contributed by atoms with van der Waals surface area (Å²) in [6.45, 7) is 4.56. The van der Waals surface area contributed by atoms with Gasteiger partial charge in [0.05, 0.1) is 40.3 Å². The number of hydrogen-bond acceptors (Lipinski definition) is 7. The van der Waals surface area contributed by atoms with Crippen molar-refractivity contribution in [3.63, 3.8) is 0 Å². The number of unbranched alkanes of at least 4 members (excludes halogenated alkanes) is 25. The molecular formula is C52H95NO7. The minimum absolute atomic E-state index is 0.0362. The molecule has 60 heavy (non-hydrogen) atoms. The van der Waals surface area contributed by atoms with Gasteiger partial charge in [-0.2, -0.15) is 0 Å². The van der Waals surface area contributed by atoms with Crippen LogP contribution in [0.25, 0.3) is 0 Å². The Labute approximate surface area is 370 Å². The Hall–Kier alpha value is -2.45. The molecular weight excluding hydrogens is 751 g/mol.